The normalized spacial score (nSPS) is 19.4. The molecule has 0 bridgehead atoms. The third kappa shape index (κ3) is 5.16. The molecule has 0 N–H and O–H groups in total. The summed E-state index contributed by atoms with van der Waals surface area (Å²) in [5.41, 5.74) is 0.418. The first-order chi connectivity index (χ1) is 9.83. The van der Waals surface area contributed by atoms with Crippen LogP contribution in [0, 0.1) is 5.92 Å². The van der Waals surface area contributed by atoms with E-state index in [0.717, 1.165) is 31.5 Å². The highest BCUT2D eigenvalue weighted by atomic mass is 35.5. The lowest BCUT2D eigenvalue weighted by Gasteiger charge is -2.34. The number of hydrogen-bond acceptors (Lipinski definition) is 4. The maximum atomic E-state index is 12.1. The number of piperidine rings is 1. The van der Waals surface area contributed by atoms with Crippen molar-refractivity contribution in [3.05, 3.63) is 23.2 Å². The standard InChI is InChI=1S/C15H22ClN3O2/c1-15(2,3)21-14(20)19-6-4-5-11(10-19)7-12-8-17-9-13(16)18-12/h8-9,11H,4-7,10H2,1-3H3/t11-/m0/s1. The van der Waals surface area contributed by atoms with Crippen LogP contribution in [-0.4, -0.2) is 39.7 Å². The van der Waals surface area contributed by atoms with E-state index in [4.69, 9.17) is 16.3 Å². The Kier molecular flexibility index (Phi) is 5.04. The quantitative estimate of drug-likeness (QED) is 0.840. The Morgan fingerprint density at radius 2 is 2.24 bits per heavy atom. The Balaban J connectivity index is 1.93. The fourth-order valence-corrected chi connectivity index (χ4v) is 2.66. The second kappa shape index (κ2) is 6.60. The summed E-state index contributed by atoms with van der Waals surface area (Å²) in [6.45, 7) is 7.10. The van der Waals surface area contributed by atoms with Crippen LogP contribution >= 0.6 is 11.6 Å². The fourth-order valence-electron chi connectivity index (χ4n) is 2.50. The van der Waals surface area contributed by atoms with Gasteiger partial charge in [-0.15, -0.1) is 0 Å². The van der Waals surface area contributed by atoms with E-state index in [2.05, 4.69) is 9.97 Å². The van der Waals surface area contributed by atoms with Gasteiger partial charge in [-0.25, -0.2) is 9.78 Å². The Labute approximate surface area is 130 Å². The van der Waals surface area contributed by atoms with E-state index in [1.165, 1.54) is 6.20 Å². The fraction of sp³-hybridized carbons (Fsp3) is 0.667. The van der Waals surface area contributed by atoms with Gasteiger partial charge in [0.15, 0.2) is 0 Å². The Bertz CT molecular complexity index is 502. The van der Waals surface area contributed by atoms with Crippen LogP contribution in [0.1, 0.15) is 39.3 Å². The summed E-state index contributed by atoms with van der Waals surface area (Å²) in [6, 6.07) is 0. The lowest BCUT2D eigenvalue weighted by atomic mass is 9.94. The minimum absolute atomic E-state index is 0.232. The zero-order chi connectivity index (χ0) is 15.5. The topological polar surface area (TPSA) is 55.3 Å². The molecule has 1 aliphatic rings. The third-order valence-electron chi connectivity index (χ3n) is 3.32. The number of aromatic nitrogens is 2. The molecule has 1 aromatic rings. The molecule has 0 aromatic carbocycles. The third-order valence-corrected chi connectivity index (χ3v) is 3.51. The van der Waals surface area contributed by atoms with E-state index in [9.17, 15) is 4.79 Å². The van der Waals surface area contributed by atoms with Gasteiger partial charge in [-0.3, -0.25) is 4.98 Å². The van der Waals surface area contributed by atoms with Gasteiger partial charge >= 0.3 is 6.09 Å². The second-order valence-corrected chi connectivity index (χ2v) is 6.86. The molecular formula is C15H22ClN3O2. The zero-order valence-electron chi connectivity index (χ0n) is 12.8. The molecule has 2 heterocycles. The van der Waals surface area contributed by atoms with Crippen LogP contribution in [0.4, 0.5) is 4.79 Å². The van der Waals surface area contributed by atoms with E-state index in [1.807, 2.05) is 20.8 Å². The molecule has 1 amide bonds. The van der Waals surface area contributed by atoms with Crippen LogP contribution in [0.15, 0.2) is 12.4 Å². The van der Waals surface area contributed by atoms with Crippen molar-refractivity contribution >= 4 is 17.7 Å². The van der Waals surface area contributed by atoms with Crippen LogP contribution < -0.4 is 0 Å². The number of carbonyl (C=O) groups is 1. The molecule has 2 rings (SSSR count). The molecule has 0 unspecified atom stereocenters. The van der Waals surface area contributed by atoms with Gasteiger partial charge in [-0.1, -0.05) is 11.6 Å². The smallest absolute Gasteiger partial charge is 0.410 e. The van der Waals surface area contributed by atoms with E-state index in [-0.39, 0.29) is 6.09 Å². The zero-order valence-corrected chi connectivity index (χ0v) is 13.6. The van der Waals surface area contributed by atoms with Crippen molar-refractivity contribution in [1.29, 1.82) is 0 Å². The molecule has 116 valence electrons. The molecule has 1 aromatic heterocycles. The van der Waals surface area contributed by atoms with Crippen molar-refractivity contribution in [3.63, 3.8) is 0 Å². The predicted octanol–water partition coefficient (Wildman–Crippen LogP) is 3.32. The summed E-state index contributed by atoms with van der Waals surface area (Å²) in [7, 11) is 0. The van der Waals surface area contributed by atoms with E-state index < -0.39 is 5.60 Å². The largest absolute Gasteiger partial charge is 0.444 e. The lowest BCUT2D eigenvalue weighted by Crippen LogP contribution is -2.43. The molecule has 5 nitrogen and oxygen atoms in total. The molecule has 0 radical (unpaired) electrons. The summed E-state index contributed by atoms with van der Waals surface area (Å²) >= 11 is 5.86. The monoisotopic (exact) mass is 311 g/mol. The first kappa shape index (κ1) is 16.0. The van der Waals surface area contributed by atoms with Crippen molar-refractivity contribution in [2.24, 2.45) is 5.92 Å². The number of amides is 1. The SMILES string of the molecule is CC(C)(C)OC(=O)N1CCC[C@@H](Cc2cncc(Cl)n2)C1. The Morgan fingerprint density at radius 1 is 1.48 bits per heavy atom. The molecule has 21 heavy (non-hydrogen) atoms. The molecule has 1 saturated heterocycles. The van der Waals surface area contributed by atoms with Gasteiger partial charge in [0.05, 0.1) is 11.9 Å². The van der Waals surface area contributed by atoms with Gasteiger partial charge < -0.3 is 9.64 Å². The van der Waals surface area contributed by atoms with Crippen molar-refractivity contribution in [2.75, 3.05) is 13.1 Å². The molecular weight excluding hydrogens is 290 g/mol. The molecule has 1 fully saturated rings. The van der Waals surface area contributed by atoms with Crippen molar-refractivity contribution in [2.45, 2.75) is 45.6 Å². The average Bonchev–Trinajstić information content (AvgIpc) is 2.37. The number of rotatable bonds is 2. The van der Waals surface area contributed by atoms with Crippen LogP contribution in [-0.2, 0) is 11.2 Å². The van der Waals surface area contributed by atoms with Gasteiger partial charge in [-0.05, 0) is 46.0 Å². The van der Waals surface area contributed by atoms with Crippen LogP contribution in [0.3, 0.4) is 0 Å². The van der Waals surface area contributed by atoms with Crippen molar-refractivity contribution in [1.82, 2.24) is 14.9 Å². The van der Waals surface area contributed by atoms with Crippen molar-refractivity contribution in [3.8, 4) is 0 Å². The van der Waals surface area contributed by atoms with Crippen molar-refractivity contribution < 1.29 is 9.53 Å². The van der Waals surface area contributed by atoms with Crippen LogP contribution in [0.2, 0.25) is 5.15 Å². The highest BCUT2D eigenvalue weighted by Crippen LogP contribution is 2.22. The van der Waals surface area contributed by atoms with E-state index in [1.54, 1.807) is 11.1 Å². The highest BCUT2D eigenvalue weighted by molar-refractivity contribution is 6.29. The molecule has 0 aliphatic carbocycles. The molecule has 1 atom stereocenters. The second-order valence-electron chi connectivity index (χ2n) is 6.47. The molecule has 0 spiro atoms. The number of likely N-dealkylation sites (tertiary alicyclic amines) is 1. The minimum atomic E-state index is -0.456. The number of halogens is 1. The summed E-state index contributed by atoms with van der Waals surface area (Å²) in [5, 5.41) is 0.410. The summed E-state index contributed by atoms with van der Waals surface area (Å²) < 4.78 is 5.43. The number of ether oxygens (including phenoxy) is 1. The molecule has 6 heteroatoms. The van der Waals surface area contributed by atoms with Crippen LogP contribution in [0.5, 0.6) is 0 Å². The first-order valence-corrected chi connectivity index (χ1v) is 7.65. The van der Waals surface area contributed by atoms with Gasteiger partial charge in [0.1, 0.15) is 10.8 Å². The van der Waals surface area contributed by atoms with Gasteiger partial charge in [0.25, 0.3) is 0 Å². The maximum Gasteiger partial charge on any atom is 0.410 e. The van der Waals surface area contributed by atoms with Gasteiger partial charge in [-0.2, -0.15) is 0 Å². The first-order valence-electron chi connectivity index (χ1n) is 7.28. The summed E-state index contributed by atoms with van der Waals surface area (Å²) in [4.78, 5) is 22.2. The average molecular weight is 312 g/mol. The minimum Gasteiger partial charge on any atom is -0.444 e. The maximum absolute atomic E-state index is 12.1. The van der Waals surface area contributed by atoms with Gasteiger partial charge in [0, 0.05) is 19.3 Å². The number of carbonyl (C=O) groups excluding carboxylic acids is 1. The Morgan fingerprint density at radius 3 is 2.90 bits per heavy atom. The molecule has 0 saturated carbocycles. The van der Waals surface area contributed by atoms with Gasteiger partial charge in [0.2, 0.25) is 0 Å². The summed E-state index contributed by atoms with van der Waals surface area (Å²) in [6.07, 6.45) is 5.87. The summed E-state index contributed by atoms with van der Waals surface area (Å²) in [5.74, 6) is 0.374. The predicted molar refractivity (Wildman–Crippen MR) is 81.3 cm³/mol. The van der Waals surface area contributed by atoms with E-state index >= 15 is 0 Å². The number of hydrogen-bond donors (Lipinski definition) is 0. The Hall–Kier alpha value is -1.36. The van der Waals surface area contributed by atoms with Crippen LogP contribution in [0.25, 0.3) is 0 Å². The highest BCUT2D eigenvalue weighted by Gasteiger charge is 2.27. The number of nitrogens with zero attached hydrogens (tertiary/aromatic N) is 3. The van der Waals surface area contributed by atoms with E-state index in [0.29, 0.717) is 17.6 Å². The molecule has 1 aliphatic heterocycles. The lowest BCUT2D eigenvalue weighted by molar-refractivity contribution is 0.0165.